The number of nitrogens with zero attached hydrogens (tertiary/aromatic N) is 1. The van der Waals surface area contributed by atoms with E-state index in [0.29, 0.717) is 17.1 Å². The third-order valence-electron chi connectivity index (χ3n) is 1.91. The van der Waals surface area contributed by atoms with Crippen LogP contribution in [-0.4, -0.2) is 24.5 Å². The molecule has 6 nitrogen and oxygen atoms in total. The summed E-state index contributed by atoms with van der Waals surface area (Å²) in [6, 6.07) is 1.48. The van der Waals surface area contributed by atoms with Gasteiger partial charge in [0.05, 0.1) is 13.5 Å². The first-order valence-corrected chi connectivity index (χ1v) is 4.34. The van der Waals surface area contributed by atoms with Crippen LogP contribution in [0.2, 0.25) is 0 Å². The molecule has 0 aliphatic heterocycles. The second kappa shape index (κ2) is 4.59. The summed E-state index contributed by atoms with van der Waals surface area (Å²) < 4.78 is 9.71. The average molecular weight is 213 g/mol. The minimum atomic E-state index is -0.497. The zero-order chi connectivity index (χ0) is 11.4. The summed E-state index contributed by atoms with van der Waals surface area (Å²) >= 11 is 0. The Morgan fingerprint density at radius 1 is 1.67 bits per heavy atom. The third-order valence-corrected chi connectivity index (χ3v) is 1.91. The van der Waals surface area contributed by atoms with Gasteiger partial charge in [0.1, 0.15) is 17.1 Å². The Hall–Kier alpha value is -1.85. The highest BCUT2D eigenvalue weighted by atomic mass is 16.6. The normalized spacial score (nSPS) is 10.0. The van der Waals surface area contributed by atoms with Gasteiger partial charge in [-0.2, -0.15) is 0 Å². The van der Waals surface area contributed by atoms with E-state index in [1.54, 1.807) is 6.92 Å². The van der Waals surface area contributed by atoms with Crippen LogP contribution in [0.15, 0.2) is 10.5 Å². The van der Waals surface area contributed by atoms with Crippen molar-refractivity contribution >= 4 is 5.97 Å². The maximum atomic E-state index is 11.2. The molecular weight excluding hydrogens is 202 g/mol. The van der Waals surface area contributed by atoms with Crippen LogP contribution >= 0.6 is 0 Å². The maximum Gasteiger partial charge on any atom is 0.341 e. The van der Waals surface area contributed by atoms with E-state index in [-0.39, 0.29) is 13.0 Å². The number of esters is 1. The molecule has 0 aromatic carbocycles. The van der Waals surface area contributed by atoms with Crippen molar-refractivity contribution in [3.8, 4) is 0 Å². The molecule has 0 atom stereocenters. The summed E-state index contributed by atoms with van der Waals surface area (Å²) in [7, 11) is 1.27. The molecule has 1 aromatic heterocycles. The Kier molecular flexibility index (Phi) is 3.43. The second-order valence-electron chi connectivity index (χ2n) is 2.98. The SMILES string of the molecule is COC(=O)c1cc(CC[N+](=O)[O-])oc1C. The molecule has 1 rings (SSSR count). The van der Waals surface area contributed by atoms with Crippen molar-refractivity contribution in [3.63, 3.8) is 0 Å². The monoisotopic (exact) mass is 213 g/mol. The fraction of sp³-hybridized carbons (Fsp3) is 0.444. The number of carbonyl (C=O) groups excluding carboxylic acids is 1. The first kappa shape index (κ1) is 11.2. The molecule has 6 heteroatoms. The van der Waals surface area contributed by atoms with Gasteiger partial charge in [0.25, 0.3) is 0 Å². The molecule has 0 N–H and O–H groups in total. The maximum absolute atomic E-state index is 11.2. The van der Waals surface area contributed by atoms with E-state index in [1.807, 2.05) is 0 Å². The van der Waals surface area contributed by atoms with Gasteiger partial charge in [0, 0.05) is 4.92 Å². The Morgan fingerprint density at radius 3 is 2.87 bits per heavy atom. The van der Waals surface area contributed by atoms with Gasteiger partial charge in [-0.15, -0.1) is 0 Å². The van der Waals surface area contributed by atoms with Crippen LogP contribution in [0.5, 0.6) is 0 Å². The van der Waals surface area contributed by atoms with E-state index in [2.05, 4.69) is 4.74 Å². The molecule has 0 radical (unpaired) electrons. The largest absolute Gasteiger partial charge is 0.465 e. The van der Waals surface area contributed by atoms with Crippen molar-refractivity contribution in [2.24, 2.45) is 0 Å². The molecular formula is C9H11NO5. The molecule has 1 aromatic rings. The molecule has 82 valence electrons. The number of methoxy groups -OCH3 is 1. The molecule has 0 aliphatic rings. The van der Waals surface area contributed by atoms with E-state index in [0.717, 1.165) is 0 Å². The number of ether oxygens (including phenoxy) is 1. The Balaban J connectivity index is 2.76. The van der Waals surface area contributed by atoms with Crippen LogP contribution in [0.4, 0.5) is 0 Å². The number of hydrogen-bond donors (Lipinski definition) is 0. The third kappa shape index (κ3) is 2.80. The molecule has 0 saturated heterocycles. The zero-order valence-electron chi connectivity index (χ0n) is 8.48. The van der Waals surface area contributed by atoms with Crippen LogP contribution in [0.1, 0.15) is 21.9 Å². The summed E-state index contributed by atoms with van der Waals surface area (Å²) in [5.74, 6) is 0.341. The van der Waals surface area contributed by atoms with Crippen molar-refractivity contribution < 1.29 is 18.9 Å². The molecule has 15 heavy (non-hydrogen) atoms. The van der Waals surface area contributed by atoms with Crippen LogP contribution in [0.25, 0.3) is 0 Å². The number of rotatable bonds is 4. The minimum absolute atomic E-state index is 0.171. The van der Waals surface area contributed by atoms with Gasteiger partial charge in [-0.1, -0.05) is 0 Å². The lowest BCUT2D eigenvalue weighted by Gasteiger charge is -1.93. The summed E-state index contributed by atoms with van der Waals surface area (Å²) in [4.78, 5) is 20.9. The highest BCUT2D eigenvalue weighted by Gasteiger charge is 2.15. The number of nitro groups is 1. The highest BCUT2D eigenvalue weighted by molar-refractivity contribution is 5.90. The van der Waals surface area contributed by atoms with Gasteiger partial charge in [-0.25, -0.2) is 4.79 Å². The molecule has 0 aliphatic carbocycles. The Bertz CT molecular complexity index is 382. The predicted molar refractivity (Wildman–Crippen MR) is 50.3 cm³/mol. The van der Waals surface area contributed by atoms with Crippen LogP contribution in [0, 0.1) is 17.0 Å². The van der Waals surface area contributed by atoms with Crippen molar-refractivity contribution in [2.45, 2.75) is 13.3 Å². The molecule has 0 amide bonds. The lowest BCUT2D eigenvalue weighted by molar-refractivity contribution is -0.479. The standard InChI is InChI=1S/C9H11NO5/c1-6-8(9(11)14-2)5-7(15-6)3-4-10(12)13/h5H,3-4H2,1-2H3. The predicted octanol–water partition coefficient (Wildman–Crippen LogP) is 1.19. The first-order chi connectivity index (χ1) is 7.04. The number of aryl methyl sites for hydroxylation is 1. The molecule has 0 bridgehead atoms. The zero-order valence-corrected chi connectivity index (χ0v) is 8.48. The quantitative estimate of drug-likeness (QED) is 0.426. The van der Waals surface area contributed by atoms with Crippen LogP contribution in [0.3, 0.4) is 0 Å². The fourth-order valence-electron chi connectivity index (χ4n) is 1.18. The van der Waals surface area contributed by atoms with Gasteiger partial charge < -0.3 is 9.15 Å². The lowest BCUT2D eigenvalue weighted by Crippen LogP contribution is -2.03. The molecule has 0 spiro atoms. The molecule has 1 heterocycles. The van der Waals surface area contributed by atoms with Crippen molar-refractivity contribution in [1.29, 1.82) is 0 Å². The number of hydrogen-bond acceptors (Lipinski definition) is 5. The average Bonchev–Trinajstić information content (AvgIpc) is 2.55. The van der Waals surface area contributed by atoms with E-state index in [4.69, 9.17) is 4.42 Å². The van der Waals surface area contributed by atoms with Crippen LogP contribution < -0.4 is 0 Å². The van der Waals surface area contributed by atoms with Gasteiger partial charge in [-0.05, 0) is 13.0 Å². The van der Waals surface area contributed by atoms with Gasteiger partial charge >= 0.3 is 5.97 Å². The van der Waals surface area contributed by atoms with E-state index in [1.165, 1.54) is 13.2 Å². The van der Waals surface area contributed by atoms with Gasteiger partial charge in [-0.3, -0.25) is 10.1 Å². The van der Waals surface area contributed by atoms with Crippen molar-refractivity contribution in [3.05, 3.63) is 33.3 Å². The number of carbonyl (C=O) groups is 1. The summed E-state index contributed by atoms with van der Waals surface area (Å²) in [5.41, 5.74) is 0.316. The minimum Gasteiger partial charge on any atom is -0.465 e. The summed E-state index contributed by atoms with van der Waals surface area (Å²) in [6.07, 6.45) is 0.171. The van der Waals surface area contributed by atoms with E-state index in [9.17, 15) is 14.9 Å². The highest BCUT2D eigenvalue weighted by Crippen LogP contribution is 2.15. The fourth-order valence-corrected chi connectivity index (χ4v) is 1.18. The topological polar surface area (TPSA) is 82.6 Å². The lowest BCUT2D eigenvalue weighted by atomic mass is 10.2. The van der Waals surface area contributed by atoms with E-state index >= 15 is 0 Å². The smallest absolute Gasteiger partial charge is 0.341 e. The van der Waals surface area contributed by atoms with Crippen molar-refractivity contribution in [1.82, 2.24) is 0 Å². The number of furan rings is 1. The molecule has 0 saturated carbocycles. The Labute approximate surface area is 86.0 Å². The summed E-state index contributed by atoms with van der Waals surface area (Å²) in [6.45, 7) is 1.40. The molecule has 0 unspecified atom stereocenters. The molecule has 0 fully saturated rings. The Morgan fingerprint density at radius 2 is 2.33 bits per heavy atom. The van der Waals surface area contributed by atoms with E-state index < -0.39 is 10.9 Å². The van der Waals surface area contributed by atoms with Gasteiger partial charge in [0.15, 0.2) is 0 Å². The van der Waals surface area contributed by atoms with Crippen molar-refractivity contribution in [2.75, 3.05) is 13.7 Å². The second-order valence-corrected chi connectivity index (χ2v) is 2.98. The summed E-state index contributed by atoms with van der Waals surface area (Å²) in [5, 5.41) is 10.1. The van der Waals surface area contributed by atoms with Gasteiger partial charge in [0.2, 0.25) is 6.54 Å². The van der Waals surface area contributed by atoms with Crippen LogP contribution in [-0.2, 0) is 11.2 Å². The first-order valence-electron chi connectivity index (χ1n) is 4.34.